The molecule has 3 fully saturated rings. The van der Waals surface area contributed by atoms with Gasteiger partial charge in [0.2, 0.25) is 0 Å². The number of nitrogens with one attached hydrogen (secondary N) is 1. The van der Waals surface area contributed by atoms with E-state index in [9.17, 15) is 4.79 Å². The summed E-state index contributed by atoms with van der Waals surface area (Å²) in [7, 11) is 4.11. The zero-order chi connectivity index (χ0) is 20.7. The molecular weight excluding hydrogens is 493 g/mol. The second kappa shape index (κ2) is 12.4. The maximum atomic E-state index is 12.0. The van der Waals surface area contributed by atoms with Crippen LogP contribution < -0.4 is 5.32 Å². The molecule has 0 bridgehead atoms. The fourth-order valence-electron chi connectivity index (χ4n) is 5.17. The largest absolute Gasteiger partial charge is 0.466 e. The number of halogens is 1. The van der Waals surface area contributed by atoms with Gasteiger partial charge in [0.15, 0.2) is 5.96 Å². The summed E-state index contributed by atoms with van der Waals surface area (Å²) >= 11 is 0. The molecule has 3 aliphatic heterocycles. The second-order valence-corrected chi connectivity index (χ2v) is 8.99. The fraction of sp³-hybridized carbons (Fsp3) is 0.909. The van der Waals surface area contributed by atoms with E-state index in [-0.39, 0.29) is 41.4 Å². The van der Waals surface area contributed by atoms with Crippen LogP contribution in [-0.4, -0.2) is 98.7 Å². The number of esters is 1. The van der Waals surface area contributed by atoms with Gasteiger partial charge in [0.05, 0.1) is 12.5 Å². The normalized spacial score (nSPS) is 24.2. The lowest BCUT2D eigenvalue weighted by Crippen LogP contribution is -2.62. The molecular formula is C22H42IN5O2. The van der Waals surface area contributed by atoms with E-state index < -0.39 is 0 Å². The molecule has 7 nitrogen and oxygen atoms in total. The van der Waals surface area contributed by atoms with Gasteiger partial charge in [-0.25, -0.2) is 0 Å². The van der Waals surface area contributed by atoms with Crippen LogP contribution in [0.3, 0.4) is 0 Å². The highest BCUT2D eigenvalue weighted by molar-refractivity contribution is 14.0. The van der Waals surface area contributed by atoms with Crippen molar-refractivity contribution in [3.8, 4) is 0 Å². The maximum absolute atomic E-state index is 12.0. The summed E-state index contributed by atoms with van der Waals surface area (Å²) in [6.45, 7) is 9.83. The molecule has 0 unspecified atom stereocenters. The van der Waals surface area contributed by atoms with Crippen molar-refractivity contribution >= 4 is 35.9 Å². The topological polar surface area (TPSA) is 60.4 Å². The van der Waals surface area contributed by atoms with Gasteiger partial charge in [0.25, 0.3) is 0 Å². The summed E-state index contributed by atoms with van der Waals surface area (Å²) < 4.78 is 5.21. The quantitative estimate of drug-likeness (QED) is 0.253. The molecule has 0 atom stereocenters. The summed E-state index contributed by atoms with van der Waals surface area (Å²) in [6.07, 6.45) is 8.17. The predicted molar refractivity (Wildman–Crippen MR) is 133 cm³/mol. The van der Waals surface area contributed by atoms with E-state index in [4.69, 9.17) is 4.74 Å². The third-order valence-corrected chi connectivity index (χ3v) is 7.15. The molecule has 3 heterocycles. The average molecular weight is 536 g/mol. The molecule has 3 saturated heterocycles. The van der Waals surface area contributed by atoms with E-state index in [0.29, 0.717) is 6.61 Å². The number of carbonyl (C=O) groups excluding carboxylic acids is 1. The van der Waals surface area contributed by atoms with Gasteiger partial charge in [-0.2, -0.15) is 0 Å². The van der Waals surface area contributed by atoms with Crippen LogP contribution in [0.25, 0.3) is 0 Å². The number of carbonyl (C=O) groups is 1. The molecule has 0 aromatic rings. The van der Waals surface area contributed by atoms with E-state index >= 15 is 0 Å². The Labute approximate surface area is 200 Å². The van der Waals surface area contributed by atoms with E-state index in [0.717, 1.165) is 38.4 Å². The van der Waals surface area contributed by atoms with Crippen LogP contribution in [0.1, 0.15) is 51.9 Å². The Morgan fingerprint density at radius 1 is 1.07 bits per heavy atom. The Bertz CT molecular complexity index is 552. The van der Waals surface area contributed by atoms with Crippen LogP contribution in [0.2, 0.25) is 0 Å². The van der Waals surface area contributed by atoms with Gasteiger partial charge in [0.1, 0.15) is 0 Å². The Morgan fingerprint density at radius 2 is 1.70 bits per heavy atom. The predicted octanol–water partition coefficient (Wildman–Crippen LogP) is 2.41. The van der Waals surface area contributed by atoms with Crippen molar-refractivity contribution in [2.24, 2.45) is 10.9 Å². The minimum Gasteiger partial charge on any atom is -0.466 e. The van der Waals surface area contributed by atoms with Crippen LogP contribution >= 0.6 is 24.0 Å². The van der Waals surface area contributed by atoms with Gasteiger partial charge in [-0.3, -0.25) is 14.7 Å². The summed E-state index contributed by atoms with van der Waals surface area (Å²) in [4.78, 5) is 24.1. The Morgan fingerprint density at radius 3 is 2.27 bits per heavy atom. The molecule has 3 rings (SSSR count). The minimum absolute atomic E-state index is 0. The van der Waals surface area contributed by atoms with Gasteiger partial charge < -0.3 is 19.9 Å². The number of guanidine groups is 1. The fourth-order valence-corrected chi connectivity index (χ4v) is 5.17. The molecule has 8 heteroatoms. The number of ether oxygens (including phenoxy) is 1. The summed E-state index contributed by atoms with van der Waals surface area (Å²) in [5.74, 6) is 0.992. The Kier molecular flexibility index (Phi) is 10.6. The first-order valence-corrected chi connectivity index (χ1v) is 11.6. The van der Waals surface area contributed by atoms with Crippen molar-refractivity contribution < 1.29 is 9.53 Å². The van der Waals surface area contributed by atoms with E-state index in [2.05, 4.69) is 32.1 Å². The first-order valence-electron chi connectivity index (χ1n) is 11.6. The zero-order valence-electron chi connectivity index (χ0n) is 19.2. The third kappa shape index (κ3) is 6.45. The van der Waals surface area contributed by atoms with Crippen LogP contribution in [0.4, 0.5) is 0 Å². The lowest BCUT2D eigenvalue weighted by molar-refractivity contribution is -0.149. The van der Waals surface area contributed by atoms with Crippen molar-refractivity contribution in [2.45, 2.75) is 57.4 Å². The highest BCUT2D eigenvalue weighted by Crippen LogP contribution is 2.31. The van der Waals surface area contributed by atoms with Crippen molar-refractivity contribution in [1.82, 2.24) is 20.0 Å². The standard InChI is InChI=1S/C22H41N5O2.HI/c1-4-29-20(28)19-8-14-26(15-9-19)21(23-2)24-18-22(10-16-25(3)17-11-22)27-12-6-5-7-13-27;/h19H,4-18H2,1-3H3,(H,23,24);1H. The highest BCUT2D eigenvalue weighted by atomic mass is 127. The van der Waals surface area contributed by atoms with Crippen LogP contribution in [0.5, 0.6) is 0 Å². The van der Waals surface area contributed by atoms with Gasteiger partial charge in [-0.1, -0.05) is 6.42 Å². The average Bonchev–Trinajstić information content (AvgIpc) is 2.77. The Balaban J connectivity index is 0.00000320. The summed E-state index contributed by atoms with van der Waals surface area (Å²) in [6, 6.07) is 0. The number of nitrogens with zero attached hydrogens (tertiary/aromatic N) is 4. The maximum Gasteiger partial charge on any atom is 0.309 e. The molecule has 0 aromatic heterocycles. The summed E-state index contributed by atoms with van der Waals surface area (Å²) in [5.41, 5.74) is 0.242. The monoisotopic (exact) mass is 535 g/mol. The van der Waals surface area contributed by atoms with Crippen molar-refractivity contribution in [2.75, 3.05) is 66.5 Å². The molecule has 0 radical (unpaired) electrons. The molecule has 0 saturated carbocycles. The molecule has 174 valence electrons. The second-order valence-electron chi connectivity index (χ2n) is 8.99. The highest BCUT2D eigenvalue weighted by Gasteiger charge is 2.40. The van der Waals surface area contributed by atoms with Crippen molar-refractivity contribution in [3.63, 3.8) is 0 Å². The van der Waals surface area contributed by atoms with Gasteiger partial charge in [-0.15, -0.1) is 24.0 Å². The molecule has 1 N–H and O–H groups in total. The van der Waals surface area contributed by atoms with Gasteiger partial charge >= 0.3 is 5.97 Å². The number of hydrogen-bond donors (Lipinski definition) is 1. The minimum atomic E-state index is -0.0366. The molecule has 30 heavy (non-hydrogen) atoms. The smallest absolute Gasteiger partial charge is 0.309 e. The summed E-state index contributed by atoms with van der Waals surface area (Å²) in [5, 5.41) is 3.73. The van der Waals surface area contributed by atoms with E-state index in [1.54, 1.807) is 0 Å². The Hall–Kier alpha value is -0.610. The lowest BCUT2D eigenvalue weighted by atomic mass is 9.84. The zero-order valence-corrected chi connectivity index (χ0v) is 21.5. The lowest BCUT2D eigenvalue weighted by Gasteiger charge is -2.50. The van der Waals surface area contributed by atoms with E-state index in [1.807, 2.05) is 14.0 Å². The third-order valence-electron chi connectivity index (χ3n) is 7.15. The van der Waals surface area contributed by atoms with Gasteiger partial charge in [0, 0.05) is 32.2 Å². The van der Waals surface area contributed by atoms with Crippen molar-refractivity contribution in [3.05, 3.63) is 0 Å². The number of aliphatic imine (C=N–C) groups is 1. The van der Waals surface area contributed by atoms with Crippen molar-refractivity contribution in [1.29, 1.82) is 0 Å². The molecule has 0 aromatic carbocycles. The molecule has 0 amide bonds. The van der Waals surface area contributed by atoms with Crippen LogP contribution in [0, 0.1) is 5.92 Å². The number of likely N-dealkylation sites (tertiary alicyclic amines) is 3. The number of piperidine rings is 3. The number of rotatable bonds is 5. The number of hydrogen-bond acceptors (Lipinski definition) is 5. The molecule has 0 spiro atoms. The van der Waals surface area contributed by atoms with Crippen LogP contribution in [-0.2, 0) is 9.53 Å². The SMILES string of the molecule is CCOC(=O)C1CCN(C(=NC)NCC2(N3CCCCC3)CCN(C)CC2)CC1.I. The molecule has 0 aliphatic carbocycles. The first kappa shape index (κ1) is 25.6. The van der Waals surface area contributed by atoms with Crippen LogP contribution in [0.15, 0.2) is 4.99 Å². The molecule has 3 aliphatic rings. The van der Waals surface area contributed by atoms with Gasteiger partial charge in [-0.05, 0) is 78.7 Å². The van der Waals surface area contributed by atoms with E-state index in [1.165, 1.54) is 58.3 Å². The first-order chi connectivity index (χ1) is 14.1.